The molecule has 2 aliphatic carbocycles. The number of nitrogens with zero attached hydrogens (tertiary/aromatic N) is 1. The Labute approximate surface area is 107 Å². The van der Waals surface area contributed by atoms with Crippen LogP contribution in [-0.2, 0) is 0 Å². The fraction of sp³-hybridized carbons (Fsp3) is 1.00. The second-order valence-corrected chi connectivity index (χ2v) is 6.76. The van der Waals surface area contributed by atoms with E-state index in [1.807, 2.05) is 0 Å². The third-order valence-electron chi connectivity index (χ3n) is 5.15. The minimum absolute atomic E-state index is 0.426. The van der Waals surface area contributed by atoms with Crippen molar-refractivity contribution >= 4 is 0 Å². The van der Waals surface area contributed by atoms with Gasteiger partial charge in [0.05, 0.1) is 0 Å². The van der Waals surface area contributed by atoms with E-state index in [1.165, 1.54) is 57.9 Å². The Morgan fingerprint density at radius 3 is 2.47 bits per heavy atom. The van der Waals surface area contributed by atoms with E-state index in [0.717, 1.165) is 18.5 Å². The molecule has 2 fully saturated rings. The molecule has 0 heterocycles. The Bertz CT molecular complexity index is 235. The highest BCUT2D eigenvalue weighted by Crippen LogP contribution is 2.40. The summed E-state index contributed by atoms with van der Waals surface area (Å²) in [5.41, 5.74) is 6.55. The van der Waals surface area contributed by atoms with Gasteiger partial charge in [-0.15, -0.1) is 0 Å². The van der Waals surface area contributed by atoms with E-state index in [0.29, 0.717) is 5.41 Å². The summed E-state index contributed by atoms with van der Waals surface area (Å²) in [4.78, 5) is 2.62. The van der Waals surface area contributed by atoms with E-state index in [4.69, 9.17) is 5.73 Å². The van der Waals surface area contributed by atoms with Crippen molar-refractivity contribution in [3.05, 3.63) is 0 Å². The van der Waals surface area contributed by atoms with Crippen LogP contribution >= 0.6 is 0 Å². The van der Waals surface area contributed by atoms with Gasteiger partial charge in [0.2, 0.25) is 0 Å². The molecule has 0 radical (unpaired) electrons. The van der Waals surface area contributed by atoms with Gasteiger partial charge in [0.25, 0.3) is 0 Å². The maximum atomic E-state index is 6.12. The molecule has 2 aliphatic rings. The van der Waals surface area contributed by atoms with E-state index in [2.05, 4.69) is 18.9 Å². The summed E-state index contributed by atoms with van der Waals surface area (Å²) in [5.74, 6) is 0.879. The lowest BCUT2D eigenvalue weighted by atomic mass is 9.69. The van der Waals surface area contributed by atoms with Gasteiger partial charge in [-0.2, -0.15) is 0 Å². The van der Waals surface area contributed by atoms with Crippen molar-refractivity contribution in [1.82, 2.24) is 4.90 Å². The molecule has 100 valence electrons. The van der Waals surface area contributed by atoms with Gasteiger partial charge in [-0.25, -0.2) is 0 Å². The van der Waals surface area contributed by atoms with Gasteiger partial charge in [0.15, 0.2) is 0 Å². The van der Waals surface area contributed by atoms with Crippen molar-refractivity contribution < 1.29 is 0 Å². The highest BCUT2D eigenvalue weighted by molar-refractivity contribution is 4.90. The van der Waals surface area contributed by atoms with Crippen molar-refractivity contribution in [2.45, 2.75) is 64.3 Å². The number of rotatable bonds is 4. The zero-order chi connectivity index (χ0) is 12.3. The minimum Gasteiger partial charge on any atom is -0.330 e. The molecule has 2 atom stereocenters. The zero-order valence-corrected chi connectivity index (χ0v) is 11.8. The topological polar surface area (TPSA) is 29.3 Å². The summed E-state index contributed by atoms with van der Waals surface area (Å²) >= 11 is 0. The molecular formula is C15H30N2. The SMILES string of the molecule is CC1CCCC(CN)(CN(C)C2CCCC2)C1. The van der Waals surface area contributed by atoms with E-state index >= 15 is 0 Å². The van der Waals surface area contributed by atoms with E-state index in [1.54, 1.807) is 0 Å². The first-order valence-corrected chi connectivity index (χ1v) is 7.55. The molecule has 0 saturated heterocycles. The predicted octanol–water partition coefficient (Wildman–Crippen LogP) is 3.02. The summed E-state index contributed by atoms with van der Waals surface area (Å²) in [6, 6.07) is 0.843. The van der Waals surface area contributed by atoms with Gasteiger partial charge >= 0.3 is 0 Å². The van der Waals surface area contributed by atoms with Crippen LogP contribution in [0.5, 0.6) is 0 Å². The maximum Gasteiger partial charge on any atom is 0.00924 e. The van der Waals surface area contributed by atoms with Crippen molar-refractivity contribution in [2.24, 2.45) is 17.1 Å². The zero-order valence-electron chi connectivity index (χ0n) is 11.8. The lowest BCUT2D eigenvalue weighted by Crippen LogP contribution is -2.46. The Kier molecular flexibility index (Phi) is 4.48. The summed E-state index contributed by atoms with van der Waals surface area (Å²) in [6.07, 6.45) is 11.2. The molecule has 0 bridgehead atoms. The first kappa shape index (κ1) is 13.4. The van der Waals surface area contributed by atoms with Gasteiger partial charge in [0.1, 0.15) is 0 Å². The van der Waals surface area contributed by atoms with Crippen molar-refractivity contribution in [2.75, 3.05) is 20.1 Å². The lowest BCUT2D eigenvalue weighted by molar-refractivity contribution is 0.0814. The molecule has 2 unspecified atom stereocenters. The number of nitrogens with two attached hydrogens (primary N) is 1. The highest BCUT2D eigenvalue weighted by Gasteiger charge is 2.36. The van der Waals surface area contributed by atoms with Crippen LogP contribution in [-0.4, -0.2) is 31.1 Å². The third kappa shape index (κ3) is 3.23. The molecule has 0 spiro atoms. The smallest absolute Gasteiger partial charge is 0.00924 e. The quantitative estimate of drug-likeness (QED) is 0.816. The van der Waals surface area contributed by atoms with Crippen molar-refractivity contribution in [3.8, 4) is 0 Å². The average Bonchev–Trinajstić information content (AvgIpc) is 2.82. The molecule has 2 saturated carbocycles. The Morgan fingerprint density at radius 1 is 1.18 bits per heavy atom. The van der Waals surface area contributed by atoms with Crippen LogP contribution in [0.3, 0.4) is 0 Å². The molecule has 0 aromatic heterocycles. The van der Waals surface area contributed by atoms with Gasteiger partial charge < -0.3 is 10.6 Å². The van der Waals surface area contributed by atoms with Crippen LogP contribution in [0, 0.1) is 11.3 Å². The molecule has 0 aliphatic heterocycles. The monoisotopic (exact) mass is 238 g/mol. The molecule has 17 heavy (non-hydrogen) atoms. The lowest BCUT2D eigenvalue weighted by Gasteiger charge is -2.43. The van der Waals surface area contributed by atoms with Crippen LogP contribution in [0.2, 0.25) is 0 Å². The molecule has 2 rings (SSSR count). The van der Waals surface area contributed by atoms with Gasteiger partial charge in [-0.05, 0) is 50.6 Å². The Hall–Kier alpha value is -0.0800. The second kappa shape index (κ2) is 5.71. The minimum atomic E-state index is 0.426. The second-order valence-electron chi connectivity index (χ2n) is 6.76. The molecule has 2 heteroatoms. The predicted molar refractivity (Wildman–Crippen MR) is 74.0 cm³/mol. The van der Waals surface area contributed by atoms with Crippen LogP contribution in [0.15, 0.2) is 0 Å². The summed E-state index contributed by atoms with van der Waals surface area (Å²) in [5, 5.41) is 0. The fourth-order valence-corrected chi connectivity index (χ4v) is 4.17. The normalized spacial score (nSPS) is 35.6. The van der Waals surface area contributed by atoms with Crippen LogP contribution in [0.4, 0.5) is 0 Å². The van der Waals surface area contributed by atoms with Crippen LogP contribution < -0.4 is 5.73 Å². The van der Waals surface area contributed by atoms with Crippen LogP contribution in [0.25, 0.3) is 0 Å². The van der Waals surface area contributed by atoms with Crippen molar-refractivity contribution in [3.63, 3.8) is 0 Å². The summed E-state index contributed by atoms with van der Waals surface area (Å²) < 4.78 is 0. The molecule has 2 nitrogen and oxygen atoms in total. The van der Waals surface area contributed by atoms with Gasteiger partial charge in [-0.3, -0.25) is 0 Å². The first-order valence-electron chi connectivity index (χ1n) is 7.55. The highest BCUT2D eigenvalue weighted by atomic mass is 15.1. The molecule has 0 amide bonds. The van der Waals surface area contributed by atoms with E-state index in [-0.39, 0.29) is 0 Å². The third-order valence-corrected chi connectivity index (χ3v) is 5.15. The molecular weight excluding hydrogens is 208 g/mol. The number of hydrogen-bond donors (Lipinski definition) is 1. The summed E-state index contributed by atoms with van der Waals surface area (Å²) in [6.45, 7) is 4.52. The van der Waals surface area contributed by atoms with E-state index in [9.17, 15) is 0 Å². The molecule has 0 aromatic rings. The average molecular weight is 238 g/mol. The Morgan fingerprint density at radius 2 is 1.88 bits per heavy atom. The fourth-order valence-electron chi connectivity index (χ4n) is 4.17. The summed E-state index contributed by atoms with van der Waals surface area (Å²) in [7, 11) is 2.33. The maximum absolute atomic E-state index is 6.12. The largest absolute Gasteiger partial charge is 0.330 e. The van der Waals surface area contributed by atoms with Crippen LogP contribution in [0.1, 0.15) is 58.3 Å². The van der Waals surface area contributed by atoms with Gasteiger partial charge in [0, 0.05) is 12.6 Å². The Balaban J connectivity index is 1.93. The molecule has 2 N–H and O–H groups in total. The molecule has 0 aromatic carbocycles. The standard InChI is InChI=1S/C15H30N2/c1-13-6-5-9-15(10-13,11-16)12-17(2)14-7-3-4-8-14/h13-14H,3-12,16H2,1-2H3. The van der Waals surface area contributed by atoms with Crippen molar-refractivity contribution in [1.29, 1.82) is 0 Å². The van der Waals surface area contributed by atoms with Gasteiger partial charge in [-0.1, -0.05) is 32.6 Å². The van der Waals surface area contributed by atoms with E-state index < -0.39 is 0 Å². The number of hydrogen-bond acceptors (Lipinski definition) is 2. The first-order chi connectivity index (χ1) is 8.15.